The molecular weight excluding hydrogens is 227 g/mol. The number of benzene rings is 1. The topological polar surface area (TPSA) is 12.0 Å². The number of nitrogens with one attached hydrogen (secondary N) is 1. The molecule has 0 aliphatic rings. The number of alkyl halides is 2. The molecule has 1 aromatic rings. The van der Waals surface area contributed by atoms with E-state index in [0.29, 0.717) is 12.1 Å². The summed E-state index contributed by atoms with van der Waals surface area (Å²) in [5, 5.41) is 2.82. The highest BCUT2D eigenvalue weighted by molar-refractivity contribution is 5.27. The maximum absolute atomic E-state index is 12.9. The Balaban J connectivity index is 2.71. The van der Waals surface area contributed by atoms with Crippen LogP contribution in [0.4, 0.5) is 13.2 Å². The average Bonchev–Trinajstić information content (AvgIpc) is 2.26. The molecule has 0 spiro atoms. The molecular formula is C13H18F3N. The molecule has 0 fully saturated rings. The summed E-state index contributed by atoms with van der Waals surface area (Å²) in [4.78, 5) is 0. The smallest absolute Gasteiger partial charge is 0.254 e. The van der Waals surface area contributed by atoms with Crippen LogP contribution in [0.25, 0.3) is 0 Å². The van der Waals surface area contributed by atoms with Gasteiger partial charge in [-0.3, -0.25) is 0 Å². The summed E-state index contributed by atoms with van der Waals surface area (Å²) in [7, 11) is 0. The van der Waals surface area contributed by atoms with Crippen molar-refractivity contribution in [3.05, 3.63) is 35.1 Å². The number of hydrogen-bond donors (Lipinski definition) is 1. The van der Waals surface area contributed by atoms with Crippen LogP contribution in [0.3, 0.4) is 0 Å². The quantitative estimate of drug-likeness (QED) is 0.810. The Morgan fingerprint density at radius 3 is 2.53 bits per heavy atom. The lowest BCUT2D eigenvalue weighted by atomic mass is 10.0. The highest BCUT2D eigenvalue weighted by Gasteiger charge is 2.20. The van der Waals surface area contributed by atoms with Crippen LogP contribution in [-0.2, 0) is 6.42 Å². The van der Waals surface area contributed by atoms with Gasteiger partial charge in [-0.2, -0.15) is 0 Å². The third kappa shape index (κ3) is 4.38. The second kappa shape index (κ2) is 6.64. The van der Waals surface area contributed by atoms with Crippen LogP contribution >= 0.6 is 0 Å². The maximum atomic E-state index is 12.9. The first-order valence-corrected chi connectivity index (χ1v) is 5.81. The van der Waals surface area contributed by atoms with Gasteiger partial charge in [0.15, 0.2) is 0 Å². The van der Waals surface area contributed by atoms with Crippen molar-refractivity contribution in [3.8, 4) is 0 Å². The summed E-state index contributed by atoms with van der Waals surface area (Å²) < 4.78 is 38.4. The van der Waals surface area contributed by atoms with E-state index in [-0.39, 0.29) is 12.2 Å². The minimum atomic E-state index is -2.41. The van der Waals surface area contributed by atoms with Crippen molar-refractivity contribution in [1.29, 1.82) is 0 Å². The third-order valence-electron chi connectivity index (χ3n) is 2.71. The summed E-state index contributed by atoms with van der Waals surface area (Å²) in [6.07, 6.45) is -1.37. The first-order chi connectivity index (χ1) is 8.04. The average molecular weight is 245 g/mol. The zero-order valence-electron chi connectivity index (χ0n) is 10.1. The number of aryl methyl sites for hydroxylation is 1. The molecule has 1 atom stereocenters. The molecule has 0 bridgehead atoms. The lowest BCUT2D eigenvalue weighted by Crippen LogP contribution is -2.38. The van der Waals surface area contributed by atoms with Crippen molar-refractivity contribution in [2.24, 2.45) is 0 Å². The van der Waals surface area contributed by atoms with Crippen LogP contribution in [0, 0.1) is 12.7 Å². The van der Waals surface area contributed by atoms with Crippen LogP contribution < -0.4 is 5.32 Å². The molecule has 0 aliphatic heterocycles. The van der Waals surface area contributed by atoms with Crippen molar-refractivity contribution < 1.29 is 13.2 Å². The Bertz CT molecular complexity index is 353. The Hall–Kier alpha value is -1.03. The van der Waals surface area contributed by atoms with E-state index < -0.39 is 12.5 Å². The van der Waals surface area contributed by atoms with Crippen molar-refractivity contribution in [1.82, 2.24) is 5.32 Å². The Morgan fingerprint density at radius 2 is 2.00 bits per heavy atom. The van der Waals surface area contributed by atoms with E-state index in [0.717, 1.165) is 12.0 Å². The van der Waals surface area contributed by atoms with Gasteiger partial charge in [-0.25, -0.2) is 13.2 Å². The standard InChI is InChI=1S/C13H18F3N/c1-3-6-17-12(13(15)16)8-10-4-5-11(14)7-9(10)2/h4-5,7,12-13,17H,3,6,8H2,1-2H3. The van der Waals surface area contributed by atoms with Gasteiger partial charge in [0.05, 0.1) is 6.04 Å². The predicted molar refractivity (Wildman–Crippen MR) is 62.9 cm³/mol. The summed E-state index contributed by atoms with van der Waals surface area (Å²) in [6.45, 7) is 4.23. The summed E-state index contributed by atoms with van der Waals surface area (Å²) in [5.41, 5.74) is 1.48. The van der Waals surface area contributed by atoms with Gasteiger partial charge in [-0.1, -0.05) is 13.0 Å². The number of halogens is 3. The second-order valence-corrected chi connectivity index (χ2v) is 4.17. The molecule has 1 N–H and O–H groups in total. The van der Waals surface area contributed by atoms with E-state index in [2.05, 4.69) is 5.32 Å². The van der Waals surface area contributed by atoms with E-state index in [4.69, 9.17) is 0 Å². The molecule has 0 saturated carbocycles. The molecule has 1 unspecified atom stereocenters. The lowest BCUT2D eigenvalue weighted by molar-refractivity contribution is 0.0982. The molecule has 4 heteroatoms. The van der Waals surface area contributed by atoms with E-state index in [1.165, 1.54) is 12.1 Å². The SMILES string of the molecule is CCCNC(Cc1ccc(F)cc1C)C(F)F. The number of hydrogen-bond acceptors (Lipinski definition) is 1. The molecule has 1 rings (SSSR count). The van der Waals surface area contributed by atoms with Crippen LogP contribution in [0.15, 0.2) is 18.2 Å². The monoisotopic (exact) mass is 245 g/mol. The van der Waals surface area contributed by atoms with Gasteiger partial charge < -0.3 is 5.32 Å². The largest absolute Gasteiger partial charge is 0.309 e. The van der Waals surface area contributed by atoms with Crippen molar-refractivity contribution in [2.75, 3.05) is 6.54 Å². The van der Waals surface area contributed by atoms with Crippen molar-refractivity contribution in [2.45, 2.75) is 39.2 Å². The summed E-state index contributed by atoms with van der Waals surface area (Å²) in [5.74, 6) is -0.332. The second-order valence-electron chi connectivity index (χ2n) is 4.17. The Morgan fingerprint density at radius 1 is 1.29 bits per heavy atom. The Labute approximate surface area is 100 Å². The predicted octanol–water partition coefficient (Wildman–Crippen LogP) is 3.31. The summed E-state index contributed by atoms with van der Waals surface area (Å²) in [6, 6.07) is 3.40. The molecule has 1 nitrogen and oxygen atoms in total. The first kappa shape index (κ1) is 14.0. The molecule has 0 aromatic heterocycles. The van der Waals surface area contributed by atoms with Gasteiger partial charge in [0.1, 0.15) is 5.82 Å². The maximum Gasteiger partial charge on any atom is 0.254 e. The zero-order chi connectivity index (χ0) is 12.8. The highest BCUT2D eigenvalue weighted by atomic mass is 19.3. The normalized spacial score (nSPS) is 13.1. The molecule has 0 heterocycles. The fourth-order valence-electron chi connectivity index (χ4n) is 1.71. The fraction of sp³-hybridized carbons (Fsp3) is 0.538. The highest BCUT2D eigenvalue weighted by Crippen LogP contribution is 2.15. The third-order valence-corrected chi connectivity index (χ3v) is 2.71. The molecule has 17 heavy (non-hydrogen) atoms. The minimum absolute atomic E-state index is 0.226. The molecule has 0 saturated heterocycles. The number of rotatable bonds is 6. The van der Waals surface area contributed by atoms with Crippen LogP contribution in [0.1, 0.15) is 24.5 Å². The first-order valence-electron chi connectivity index (χ1n) is 5.81. The molecule has 96 valence electrons. The van der Waals surface area contributed by atoms with Gasteiger partial charge in [-0.15, -0.1) is 0 Å². The van der Waals surface area contributed by atoms with Gasteiger partial charge >= 0.3 is 0 Å². The van der Waals surface area contributed by atoms with Crippen molar-refractivity contribution in [3.63, 3.8) is 0 Å². The van der Waals surface area contributed by atoms with E-state index in [1.807, 2.05) is 6.92 Å². The summed E-state index contributed by atoms with van der Waals surface area (Å²) >= 11 is 0. The van der Waals surface area contributed by atoms with Crippen LogP contribution in [-0.4, -0.2) is 19.0 Å². The van der Waals surface area contributed by atoms with E-state index in [1.54, 1.807) is 13.0 Å². The van der Waals surface area contributed by atoms with Gasteiger partial charge in [0.2, 0.25) is 0 Å². The molecule has 1 aromatic carbocycles. The zero-order valence-corrected chi connectivity index (χ0v) is 10.1. The molecule has 0 aliphatic carbocycles. The van der Waals surface area contributed by atoms with Gasteiger partial charge in [0, 0.05) is 0 Å². The van der Waals surface area contributed by atoms with Gasteiger partial charge in [0.25, 0.3) is 6.43 Å². The van der Waals surface area contributed by atoms with Gasteiger partial charge in [-0.05, 0) is 49.6 Å². The molecule has 0 amide bonds. The fourth-order valence-corrected chi connectivity index (χ4v) is 1.71. The van der Waals surface area contributed by atoms with Crippen molar-refractivity contribution >= 4 is 0 Å². The van der Waals surface area contributed by atoms with Crippen LogP contribution in [0.5, 0.6) is 0 Å². The molecule has 0 radical (unpaired) electrons. The van der Waals surface area contributed by atoms with E-state index >= 15 is 0 Å². The Kier molecular flexibility index (Phi) is 5.48. The minimum Gasteiger partial charge on any atom is -0.309 e. The van der Waals surface area contributed by atoms with E-state index in [9.17, 15) is 13.2 Å². The van der Waals surface area contributed by atoms with Crippen LogP contribution in [0.2, 0.25) is 0 Å². The lowest BCUT2D eigenvalue weighted by Gasteiger charge is -2.18.